The Hall–Kier alpha value is -1.82. The van der Waals surface area contributed by atoms with Crippen LogP contribution in [0.3, 0.4) is 0 Å². The number of amides is 2. The van der Waals surface area contributed by atoms with E-state index in [2.05, 4.69) is 10.6 Å². The molecule has 0 aliphatic heterocycles. The molecule has 0 aliphatic rings. The van der Waals surface area contributed by atoms with Crippen molar-refractivity contribution in [3.8, 4) is 5.75 Å². The highest BCUT2D eigenvalue weighted by Crippen LogP contribution is 2.20. The van der Waals surface area contributed by atoms with Gasteiger partial charge in [0.05, 0.1) is 25.4 Å². The Morgan fingerprint density at radius 2 is 2.15 bits per heavy atom. The van der Waals surface area contributed by atoms with E-state index in [1.54, 1.807) is 0 Å². The molecule has 2 amide bonds. The van der Waals surface area contributed by atoms with Crippen molar-refractivity contribution in [3.63, 3.8) is 0 Å². The van der Waals surface area contributed by atoms with Gasteiger partial charge in [0.1, 0.15) is 11.6 Å². The average Bonchev–Trinajstić information content (AvgIpc) is 2.40. The molecule has 6 heteroatoms. The van der Waals surface area contributed by atoms with Crippen LogP contribution in [0.15, 0.2) is 18.2 Å². The van der Waals surface area contributed by atoms with Crippen LogP contribution >= 0.6 is 0 Å². The lowest BCUT2D eigenvalue weighted by Gasteiger charge is -2.18. The van der Waals surface area contributed by atoms with E-state index < -0.39 is 11.8 Å². The summed E-state index contributed by atoms with van der Waals surface area (Å²) in [7, 11) is 1.46. The van der Waals surface area contributed by atoms with E-state index in [0.29, 0.717) is 18.1 Å². The zero-order valence-corrected chi connectivity index (χ0v) is 11.9. The van der Waals surface area contributed by atoms with Crippen molar-refractivity contribution in [2.75, 3.05) is 19.0 Å². The van der Waals surface area contributed by atoms with Gasteiger partial charge in [0, 0.05) is 6.07 Å². The molecule has 0 spiro atoms. The van der Waals surface area contributed by atoms with Gasteiger partial charge in [0.2, 0.25) is 0 Å². The summed E-state index contributed by atoms with van der Waals surface area (Å²) in [6.45, 7) is 3.82. The third-order valence-electron chi connectivity index (χ3n) is 2.73. The molecule has 1 atom stereocenters. The van der Waals surface area contributed by atoms with Gasteiger partial charge in [-0.3, -0.25) is 0 Å². The van der Waals surface area contributed by atoms with E-state index in [9.17, 15) is 14.3 Å². The number of ether oxygens (including phenoxy) is 1. The fourth-order valence-corrected chi connectivity index (χ4v) is 1.82. The first kappa shape index (κ1) is 16.2. The maximum Gasteiger partial charge on any atom is 0.319 e. The van der Waals surface area contributed by atoms with Crippen molar-refractivity contribution in [2.45, 2.75) is 26.3 Å². The van der Waals surface area contributed by atoms with Gasteiger partial charge in [-0.1, -0.05) is 13.8 Å². The molecule has 0 radical (unpaired) electrons. The summed E-state index contributed by atoms with van der Waals surface area (Å²) in [5, 5.41) is 14.2. The topological polar surface area (TPSA) is 70.6 Å². The lowest BCUT2D eigenvalue weighted by atomic mass is 10.0. The van der Waals surface area contributed by atoms with Gasteiger partial charge in [-0.15, -0.1) is 0 Å². The lowest BCUT2D eigenvalue weighted by Crippen LogP contribution is -2.41. The number of rotatable bonds is 6. The molecule has 20 heavy (non-hydrogen) atoms. The standard InChI is InChI=1S/C14H21FN2O3/c1-9(2)6-10(8-18)16-14(19)17-13-7-11(20-3)4-5-12(13)15/h4-5,7,9-10,18H,6,8H2,1-3H3,(H2,16,17,19). The van der Waals surface area contributed by atoms with Crippen LogP contribution in [-0.2, 0) is 0 Å². The zero-order valence-electron chi connectivity index (χ0n) is 11.9. The smallest absolute Gasteiger partial charge is 0.319 e. The van der Waals surface area contributed by atoms with Crippen LogP contribution in [0.2, 0.25) is 0 Å². The number of halogens is 1. The molecule has 1 aromatic rings. The molecule has 3 N–H and O–H groups in total. The van der Waals surface area contributed by atoms with Crippen molar-refractivity contribution >= 4 is 11.7 Å². The number of hydrogen-bond acceptors (Lipinski definition) is 3. The number of nitrogens with one attached hydrogen (secondary N) is 2. The normalized spacial score (nSPS) is 12.1. The van der Waals surface area contributed by atoms with Crippen LogP contribution < -0.4 is 15.4 Å². The Morgan fingerprint density at radius 1 is 1.45 bits per heavy atom. The second-order valence-corrected chi connectivity index (χ2v) is 4.95. The summed E-state index contributed by atoms with van der Waals surface area (Å²) < 4.78 is 18.5. The first-order valence-electron chi connectivity index (χ1n) is 6.48. The van der Waals surface area contributed by atoms with Gasteiger partial charge in [0.25, 0.3) is 0 Å². The van der Waals surface area contributed by atoms with E-state index in [4.69, 9.17) is 4.74 Å². The molecule has 112 valence electrons. The Morgan fingerprint density at radius 3 is 2.70 bits per heavy atom. The van der Waals surface area contributed by atoms with Gasteiger partial charge in [-0.2, -0.15) is 0 Å². The molecule has 0 aliphatic carbocycles. The number of urea groups is 1. The van der Waals surface area contributed by atoms with E-state index in [0.717, 1.165) is 0 Å². The third kappa shape index (κ3) is 5.05. The highest BCUT2D eigenvalue weighted by molar-refractivity contribution is 5.89. The number of carbonyl (C=O) groups is 1. The minimum atomic E-state index is -0.558. The van der Waals surface area contributed by atoms with Crippen molar-refractivity contribution in [1.29, 1.82) is 0 Å². The zero-order chi connectivity index (χ0) is 15.1. The van der Waals surface area contributed by atoms with E-state index in [1.165, 1.54) is 25.3 Å². The van der Waals surface area contributed by atoms with E-state index in [1.807, 2.05) is 13.8 Å². The maximum atomic E-state index is 13.5. The first-order chi connectivity index (χ1) is 9.46. The van der Waals surface area contributed by atoms with Crippen LogP contribution in [0.4, 0.5) is 14.9 Å². The summed E-state index contributed by atoms with van der Waals surface area (Å²) in [5.41, 5.74) is 0.0306. The number of carbonyl (C=O) groups excluding carboxylic acids is 1. The Kier molecular flexibility index (Phi) is 6.24. The molecular formula is C14H21FN2O3. The summed E-state index contributed by atoms with van der Waals surface area (Å²) in [6, 6.07) is 3.16. The number of methoxy groups -OCH3 is 1. The highest BCUT2D eigenvalue weighted by Gasteiger charge is 2.14. The van der Waals surface area contributed by atoms with E-state index >= 15 is 0 Å². The summed E-state index contributed by atoms with van der Waals surface area (Å²) in [4.78, 5) is 11.8. The number of hydrogen-bond donors (Lipinski definition) is 3. The Bertz CT molecular complexity index is 452. The van der Waals surface area contributed by atoms with Crippen LogP contribution in [-0.4, -0.2) is 30.9 Å². The average molecular weight is 284 g/mol. The molecule has 0 saturated heterocycles. The number of anilines is 1. The van der Waals surface area contributed by atoms with Gasteiger partial charge >= 0.3 is 6.03 Å². The summed E-state index contributed by atoms with van der Waals surface area (Å²) in [5.74, 6) is 0.231. The minimum absolute atomic E-state index is 0.0306. The predicted molar refractivity (Wildman–Crippen MR) is 75.4 cm³/mol. The summed E-state index contributed by atoms with van der Waals surface area (Å²) in [6.07, 6.45) is 0.643. The molecule has 0 aromatic heterocycles. The molecule has 0 bridgehead atoms. The van der Waals surface area contributed by atoms with Crippen LogP contribution in [0.25, 0.3) is 0 Å². The molecular weight excluding hydrogens is 263 g/mol. The molecule has 1 unspecified atom stereocenters. The van der Waals surface area contributed by atoms with Gasteiger partial charge in [-0.05, 0) is 24.5 Å². The number of aliphatic hydroxyl groups excluding tert-OH is 1. The second-order valence-electron chi connectivity index (χ2n) is 4.95. The molecule has 0 saturated carbocycles. The molecule has 0 heterocycles. The van der Waals surface area contributed by atoms with Crippen LogP contribution in [0.5, 0.6) is 5.75 Å². The van der Waals surface area contributed by atoms with Gasteiger partial charge in [-0.25, -0.2) is 9.18 Å². The maximum absolute atomic E-state index is 13.5. The molecule has 1 aromatic carbocycles. The SMILES string of the molecule is COc1ccc(F)c(NC(=O)NC(CO)CC(C)C)c1. The second kappa shape index (κ2) is 7.69. The van der Waals surface area contributed by atoms with Crippen LogP contribution in [0.1, 0.15) is 20.3 Å². The van der Waals surface area contributed by atoms with Crippen LogP contribution in [0, 0.1) is 11.7 Å². The van der Waals surface area contributed by atoms with Crippen molar-refractivity contribution in [1.82, 2.24) is 5.32 Å². The van der Waals surface area contributed by atoms with Crippen molar-refractivity contribution < 1.29 is 19.0 Å². The van der Waals surface area contributed by atoms with E-state index in [-0.39, 0.29) is 18.3 Å². The lowest BCUT2D eigenvalue weighted by molar-refractivity contribution is 0.214. The minimum Gasteiger partial charge on any atom is -0.497 e. The highest BCUT2D eigenvalue weighted by atomic mass is 19.1. The fraction of sp³-hybridized carbons (Fsp3) is 0.500. The van der Waals surface area contributed by atoms with Gasteiger partial charge < -0.3 is 20.5 Å². The fourth-order valence-electron chi connectivity index (χ4n) is 1.82. The monoisotopic (exact) mass is 284 g/mol. The summed E-state index contributed by atoms with van der Waals surface area (Å²) >= 11 is 0. The molecule has 1 rings (SSSR count). The number of aliphatic hydroxyl groups is 1. The first-order valence-corrected chi connectivity index (χ1v) is 6.48. The van der Waals surface area contributed by atoms with Crippen molar-refractivity contribution in [3.05, 3.63) is 24.0 Å². The van der Waals surface area contributed by atoms with Crippen molar-refractivity contribution in [2.24, 2.45) is 5.92 Å². The molecule has 0 fully saturated rings. The van der Waals surface area contributed by atoms with Gasteiger partial charge in [0.15, 0.2) is 0 Å². The largest absolute Gasteiger partial charge is 0.497 e. The number of benzene rings is 1. The predicted octanol–water partition coefficient (Wildman–Crippen LogP) is 2.36. The third-order valence-corrected chi connectivity index (χ3v) is 2.73. The quantitative estimate of drug-likeness (QED) is 0.751. The Labute approximate surface area is 118 Å². The Balaban J connectivity index is 2.65. The molecule has 5 nitrogen and oxygen atoms in total.